The van der Waals surface area contributed by atoms with Gasteiger partial charge >= 0.3 is 18.0 Å². The van der Waals surface area contributed by atoms with Crippen LogP contribution in [0.25, 0.3) is 17.0 Å². The highest BCUT2D eigenvalue weighted by Gasteiger charge is 2.46. The summed E-state index contributed by atoms with van der Waals surface area (Å²) in [6.07, 6.45) is 5.05. The number of hydrazine groups is 1. The highest BCUT2D eigenvalue weighted by atomic mass is 35.6. The minimum Gasteiger partial charge on any atom is -0.460 e. The lowest BCUT2D eigenvalue weighted by atomic mass is 9.72. The van der Waals surface area contributed by atoms with Crippen LogP contribution in [0.3, 0.4) is 0 Å². The van der Waals surface area contributed by atoms with Gasteiger partial charge in [-0.3, -0.25) is 29.2 Å². The molecule has 1 aliphatic heterocycles. The lowest BCUT2D eigenvalue weighted by molar-refractivity contribution is -0.168. The number of ether oxygens (including phenoxy) is 3. The first-order chi connectivity index (χ1) is 29.9. The van der Waals surface area contributed by atoms with E-state index in [2.05, 4.69) is 44.6 Å². The molecule has 14 nitrogen and oxygen atoms in total. The van der Waals surface area contributed by atoms with Gasteiger partial charge in [0.15, 0.2) is 14.4 Å². The maximum atomic E-state index is 14.6. The monoisotopic (exact) mass is 981 g/mol. The molecule has 0 bridgehead atoms. The van der Waals surface area contributed by atoms with E-state index in [1.165, 1.54) is 16.8 Å². The van der Waals surface area contributed by atoms with Crippen molar-refractivity contribution in [2.75, 3.05) is 20.2 Å². The second-order valence-electron chi connectivity index (χ2n) is 20.4. The number of fused-ring (bicyclic) bond motifs is 1. The van der Waals surface area contributed by atoms with Crippen LogP contribution >= 0.6 is 34.8 Å². The maximum Gasteiger partial charge on any atom is 0.410 e. The van der Waals surface area contributed by atoms with Gasteiger partial charge in [-0.05, 0) is 115 Å². The summed E-state index contributed by atoms with van der Waals surface area (Å²) < 4.78 is 21.9. The fraction of sp³-hybridized carbons (Fsp3) is 0.660. The van der Waals surface area contributed by atoms with Crippen LogP contribution < -0.4 is 10.7 Å². The Morgan fingerprint density at radius 3 is 2.20 bits per heavy atom. The van der Waals surface area contributed by atoms with Gasteiger partial charge in [0.05, 0.1) is 22.7 Å². The number of alkyl halides is 3. The summed E-state index contributed by atoms with van der Waals surface area (Å²) in [5.74, 6) is -2.78. The SMILES string of the molecule is CC(C)[C@H](OC(=O)[C@]1(/C=C/c2ccc3ccc(C(C)N(C)C(=O)OC(C)(C)C)nc3c2)CC[C@H](O[Si](C)(C)C(C)(C)C)CC1)C(=O)N[C@@H](C)C(=O)N1CCC[C@@H](C(=O)OCC(Cl)(Cl)Cl)N1. The number of pyridine rings is 1. The molecule has 65 heavy (non-hydrogen) atoms. The van der Waals surface area contributed by atoms with Crippen LogP contribution in [0.5, 0.6) is 0 Å². The highest BCUT2D eigenvalue weighted by molar-refractivity contribution is 6.74. The number of nitrogens with one attached hydrogen (secondary N) is 2. The number of aromatic nitrogens is 1. The molecule has 18 heteroatoms. The van der Waals surface area contributed by atoms with E-state index < -0.39 is 83.7 Å². The Bertz CT molecular complexity index is 2060. The zero-order valence-electron chi connectivity index (χ0n) is 40.3. The summed E-state index contributed by atoms with van der Waals surface area (Å²) in [5, 5.41) is 4.92. The molecule has 2 heterocycles. The van der Waals surface area contributed by atoms with E-state index in [0.29, 0.717) is 49.7 Å². The second kappa shape index (κ2) is 21.7. The number of carbonyl (C=O) groups is 5. The number of amides is 3. The van der Waals surface area contributed by atoms with E-state index in [9.17, 15) is 24.0 Å². The first-order valence-corrected chi connectivity index (χ1v) is 26.5. The van der Waals surface area contributed by atoms with Crippen LogP contribution in [0.4, 0.5) is 4.79 Å². The van der Waals surface area contributed by atoms with Crippen LogP contribution in [0.1, 0.15) is 125 Å². The molecule has 3 amide bonds. The summed E-state index contributed by atoms with van der Waals surface area (Å²) in [7, 11) is -0.425. The van der Waals surface area contributed by atoms with Gasteiger partial charge in [-0.2, -0.15) is 0 Å². The van der Waals surface area contributed by atoms with Crippen LogP contribution in [0.2, 0.25) is 18.1 Å². The number of esters is 2. The van der Waals surface area contributed by atoms with Crippen molar-refractivity contribution in [1.82, 2.24) is 25.6 Å². The Balaban J connectivity index is 1.56. The predicted octanol–water partition coefficient (Wildman–Crippen LogP) is 9.61. The molecule has 2 aromatic rings. The lowest BCUT2D eigenvalue weighted by Crippen LogP contribution is -2.60. The molecule has 1 aliphatic carbocycles. The number of hydrogen-bond donors (Lipinski definition) is 2. The Labute approximate surface area is 401 Å². The van der Waals surface area contributed by atoms with Gasteiger partial charge in [-0.1, -0.05) is 99.8 Å². The Morgan fingerprint density at radius 1 is 0.985 bits per heavy atom. The minimum atomic E-state index is -2.11. The standard InChI is InChI=1S/C47H70Cl3N5O9Si/c1-29(2)38(39(56)51-30(3)40(57)55-26-14-15-36(53-55)41(58)61-28-47(48,49)50)62-42(59)46(24-21-34(22-25-46)64-65(12,13)45(8,9)10)23-20-32-16-17-33-18-19-35(52-37(33)27-32)31(4)54(11)43(60)63-44(5,6)7/h16-20,23,27,29-31,34,36,38,53H,14-15,21-22,24-26,28H2,1-13H3,(H,51,56)/b23-20+/t30-,31?,34-,36-,38-,46+/m0/s1. The first kappa shape index (κ1) is 54.1. The van der Waals surface area contributed by atoms with Crippen molar-refractivity contribution >= 4 is 89.9 Å². The third kappa shape index (κ3) is 15.0. The summed E-state index contributed by atoms with van der Waals surface area (Å²) >= 11 is 17.2. The van der Waals surface area contributed by atoms with Crippen LogP contribution in [-0.4, -0.2) is 107 Å². The molecule has 2 N–H and O–H groups in total. The number of nitrogens with zero attached hydrogens (tertiary/aromatic N) is 3. The number of rotatable bonds is 14. The zero-order valence-corrected chi connectivity index (χ0v) is 43.6. The van der Waals surface area contributed by atoms with E-state index in [-0.39, 0.29) is 23.7 Å². The maximum absolute atomic E-state index is 14.6. The van der Waals surface area contributed by atoms with Gasteiger partial charge in [-0.25, -0.2) is 10.2 Å². The van der Waals surface area contributed by atoms with Gasteiger partial charge < -0.3 is 28.9 Å². The average Bonchev–Trinajstić information content (AvgIpc) is 3.21. The first-order valence-electron chi connectivity index (χ1n) is 22.5. The van der Waals surface area contributed by atoms with Crippen molar-refractivity contribution in [2.45, 2.75) is 166 Å². The molecule has 1 saturated carbocycles. The van der Waals surface area contributed by atoms with E-state index in [0.717, 1.165) is 10.9 Å². The highest BCUT2D eigenvalue weighted by Crippen LogP contribution is 2.44. The van der Waals surface area contributed by atoms with Gasteiger partial charge in [0.2, 0.25) is 3.79 Å². The normalized spacial score (nSPS) is 21.4. The molecule has 0 spiro atoms. The molecule has 1 aromatic heterocycles. The molecule has 4 atom stereocenters. The summed E-state index contributed by atoms with van der Waals surface area (Å²) in [5.41, 5.74) is 3.35. The second-order valence-corrected chi connectivity index (χ2v) is 27.6. The van der Waals surface area contributed by atoms with Gasteiger partial charge in [0.25, 0.3) is 11.8 Å². The molecule has 1 aromatic carbocycles. The number of carbonyl (C=O) groups excluding carboxylic acids is 5. The molecule has 1 saturated heterocycles. The van der Waals surface area contributed by atoms with Crippen molar-refractivity contribution in [3.63, 3.8) is 0 Å². The third-order valence-corrected chi connectivity index (χ3v) is 17.3. The number of halogens is 3. The van der Waals surface area contributed by atoms with Crippen molar-refractivity contribution in [1.29, 1.82) is 0 Å². The minimum absolute atomic E-state index is 0.00810. The fourth-order valence-corrected chi connectivity index (χ4v) is 8.96. The number of benzene rings is 1. The fourth-order valence-electron chi connectivity index (χ4n) is 7.37. The smallest absolute Gasteiger partial charge is 0.410 e. The van der Waals surface area contributed by atoms with Crippen LogP contribution in [0, 0.1) is 11.3 Å². The lowest BCUT2D eigenvalue weighted by Gasteiger charge is -2.43. The predicted molar refractivity (Wildman–Crippen MR) is 258 cm³/mol. The summed E-state index contributed by atoms with van der Waals surface area (Å²) in [6.45, 7) is 23.3. The van der Waals surface area contributed by atoms with E-state index in [1.54, 1.807) is 20.9 Å². The molecule has 2 fully saturated rings. The zero-order chi connectivity index (χ0) is 48.9. The van der Waals surface area contributed by atoms with Crippen molar-refractivity contribution in [3.8, 4) is 0 Å². The molecule has 2 aliphatic rings. The topological polar surface area (TPSA) is 166 Å². The van der Waals surface area contributed by atoms with Gasteiger partial charge in [-0.15, -0.1) is 0 Å². The third-order valence-electron chi connectivity index (χ3n) is 12.5. The van der Waals surface area contributed by atoms with Crippen molar-refractivity contribution in [2.24, 2.45) is 11.3 Å². The van der Waals surface area contributed by atoms with E-state index >= 15 is 0 Å². The van der Waals surface area contributed by atoms with Crippen molar-refractivity contribution in [3.05, 3.63) is 47.7 Å². The van der Waals surface area contributed by atoms with Crippen LogP contribution in [0.15, 0.2) is 36.4 Å². The van der Waals surface area contributed by atoms with E-state index in [4.69, 9.17) is 58.4 Å². The Hall–Kier alpha value is -3.47. The molecule has 4 rings (SSSR count). The molecule has 1 unspecified atom stereocenters. The van der Waals surface area contributed by atoms with Crippen molar-refractivity contribution < 1.29 is 42.6 Å². The van der Waals surface area contributed by atoms with Crippen LogP contribution in [-0.2, 0) is 37.8 Å². The van der Waals surface area contributed by atoms with Gasteiger partial charge in [0, 0.05) is 25.1 Å². The number of hydrogen-bond acceptors (Lipinski definition) is 11. The Kier molecular flexibility index (Phi) is 18.0. The molecular weight excluding hydrogens is 913 g/mol. The molecule has 362 valence electrons. The molecular formula is C47H70Cl3N5O9Si. The molecule has 0 radical (unpaired) electrons. The van der Waals surface area contributed by atoms with Gasteiger partial charge in [0.1, 0.15) is 24.3 Å². The summed E-state index contributed by atoms with van der Waals surface area (Å²) in [6, 6.07) is 7.45. The average molecular weight is 984 g/mol. The van der Waals surface area contributed by atoms with E-state index in [1.807, 2.05) is 70.2 Å². The summed E-state index contributed by atoms with van der Waals surface area (Å²) in [4.78, 5) is 74.1. The quantitative estimate of drug-likeness (QED) is 0.0802. The Morgan fingerprint density at radius 2 is 1.62 bits per heavy atom. The largest absolute Gasteiger partial charge is 0.460 e.